The minimum atomic E-state index is -0.368. The third-order valence-electron chi connectivity index (χ3n) is 4.68. The quantitative estimate of drug-likeness (QED) is 0.509. The number of benzene rings is 2. The summed E-state index contributed by atoms with van der Waals surface area (Å²) >= 11 is 7.49. The van der Waals surface area contributed by atoms with E-state index in [1.54, 1.807) is 0 Å². The van der Waals surface area contributed by atoms with Crippen molar-refractivity contribution in [1.82, 2.24) is 10.2 Å². The van der Waals surface area contributed by atoms with Gasteiger partial charge < -0.3 is 14.4 Å². The predicted molar refractivity (Wildman–Crippen MR) is 113 cm³/mol. The Bertz CT molecular complexity index is 1040. The summed E-state index contributed by atoms with van der Waals surface area (Å²) in [6, 6.07) is 12.2. The van der Waals surface area contributed by atoms with Crippen LogP contribution in [0.3, 0.4) is 0 Å². The third-order valence-corrected chi connectivity index (χ3v) is 5.94. The van der Waals surface area contributed by atoms with Crippen LogP contribution in [0, 0.1) is 5.82 Å². The molecule has 1 aliphatic rings. The molecule has 0 amide bonds. The number of anilines is 1. The van der Waals surface area contributed by atoms with Gasteiger partial charge in [0.25, 0.3) is 0 Å². The molecular formula is C21H19ClFN3O3S. The first-order valence-electron chi connectivity index (χ1n) is 9.41. The van der Waals surface area contributed by atoms with Crippen molar-refractivity contribution in [2.75, 3.05) is 18.0 Å². The Morgan fingerprint density at radius 1 is 1.27 bits per heavy atom. The molecule has 3 aromatic rings. The molecule has 0 unspecified atom stereocenters. The van der Waals surface area contributed by atoms with Crippen LogP contribution in [-0.4, -0.2) is 35.4 Å². The van der Waals surface area contributed by atoms with Crippen LogP contribution in [0.5, 0.6) is 5.75 Å². The van der Waals surface area contributed by atoms with Crippen LogP contribution in [0.4, 0.5) is 10.1 Å². The smallest absolute Gasteiger partial charge is 0.303 e. The molecule has 0 bridgehead atoms. The Morgan fingerprint density at radius 3 is 2.83 bits per heavy atom. The number of halogens is 2. The molecular weight excluding hydrogens is 429 g/mol. The van der Waals surface area contributed by atoms with E-state index in [9.17, 15) is 9.18 Å². The fourth-order valence-electron chi connectivity index (χ4n) is 3.21. The summed E-state index contributed by atoms with van der Waals surface area (Å²) in [7, 11) is 0. The molecule has 2 aromatic carbocycles. The van der Waals surface area contributed by atoms with Gasteiger partial charge in [-0.25, -0.2) is 4.39 Å². The first-order chi connectivity index (χ1) is 14.5. The second-order valence-electron chi connectivity index (χ2n) is 6.88. The third kappa shape index (κ3) is 4.88. The second-order valence-corrected chi connectivity index (χ2v) is 8.35. The van der Waals surface area contributed by atoms with Crippen molar-refractivity contribution in [3.05, 3.63) is 58.3 Å². The molecule has 30 heavy (non-hydrogen) atoms. The minimum absolute atomic E-state index is 0.0593. The van der Waals surface area contributed by atoms with Gasteiger partial charge in [0, 0.05) is 37.2 Å². The Morgan fingerprint density at radius 2 is 2.07 bits per heavy atom. The van der Waals surface area contributed by atoms with Gasteiger partial charge in [0.2, 0.25) is 0 Å². The highest BCUT2D eigenvalue weighted by molar-refractivity contribution is 7.14. The van der Waals surface area contributed by atoms with E-state index in [0.717, 1.165) is 29.2 Å². The van der Waals surface area contributed by atoms with E-state index in [4.69, 9.17) is 21.1 Å². The van der Waals surface area contributed by atoms with E-state index in [1.807, 2.05) is 24.3 Å². The largest absolute Gasteiger partial charge is 0.487 e. The molecule has 0 saturated carbocycles. The maximum absolute atomic E-state index is 13.4. The van der Waals surface area contributed by atoms with Crippen molar-refractivity contribution in [3.8, 4) is 16.3 Å². The predicted octanol–water partition coefficient (Wildman–Crippen LogP) is 4.72. The van der Waals surface area contributed by atoms with Crippen molar-refractivity contribution in [1.29, 1.82) is 0 Å². The number of carbonyl (C=O) groups is 1. The Kier molecular flexibility index (Phi) is 6.15. The molecule has 6 nitrogen and oxygen atoms in total. The number of rotatable bonds is 6. The normalized spacial score (nSPS) is 16.0. The Balaban J connectivity index is 1.38. The van der Waals surface area contributed by atoms with Crippen LogP contribution in [0.1, 0.15) is 18.4 Å². The lowest BCUT2D eigenvalue weighted by Crippen LogP contribution is -2.24. The van der Waals surface area contributed by atoms with E-state index in [1.165, 1.54) is 36.5 Å². The molecule has 0 radical (unpaired) electrons. The van der Waals surface area contributed by atoms with Crippen LogP contribution in [0.15, 0.2) is 42.5 Å². The van der Waals surface area contributed by atoms with Crippen molar-refractivity contribution in [2.24, 2.45) is 0 Å². The summed E-state index contributed by atoms with van der Waals surface area (Å²) in [5.74, 6) is -0.337. The minimum Gasteiger partial charge on any atom is -0.487 e. The van der Waals surface area contributed by atoms with E-state index < -0.39 is 0 Å². The SMILES string of the molecule is CC(=O)OCc1nnc(-c2ccc(N3CC[C@H](Oc4cc(F)ccc4Cl)C3)cc2)s1. The molecule has 0 N–H and O–H groups in total. The van der Waals surface area contributed by atoms with E-state index >= 15 is 0 Å². The molecule has 2 heterocycles. The zero-order valence-corrected chi connectivity index (χ0v) is 17.8. The summed E-state index contributed by atoms with van der Waals surface area (Å²) in [4.78, 5) is 13.1. The number of nitrogens with zero attached hydrogens (tertiary/aromatic N) is 3. The van der Waals surface area contributed by atoms with Gasteiger partial charge in [-0.15, -0.1) is 10.2 Å². The monoisotopic (exact) mass is 447 g/mol. The molecule has 9 heteroatoms. The molecule has 1 atom stereocenters. The van der Waals surface area contributed by atoms with E-state index in [0.29, 0.717) is 22.3 Å². The van der Waals surface area contributed by atoms with Gasteiger partial charge in [0.05, 0.1) is 11.6 Å². The second kappa shape index (κ2) is 8.97. The highest BCUT2D eigenvalue weighted by atomic mass is 35.5. The summed E-state index contributed by atoms with van der Waals surface area (Å²) in [5, 5.41) is 10.1. The molecule has 1 aliphatic heterocycles. The maximum atomic E-state index is 13.4. The van der Waals surface area contributed by atoms with Crippen LogP contribution in [-0.2, 0) is 16.1 Å². The summed E-state index contributed by atoms with van der Waals surface area (Å²) in [5.41, 5.74) is 2.02. The molecule has 156 valence electrons. The van der Waals surface area contributed by atoms with Crippen LogP contribution < -0.4 is 9.64 Å². The topological polar surface area (TPSA) is 64.5 Å². The first kappa shape index (κ1) is 20.6. The summed E-state index contributed by atoms with van der Waals surface area (Å²) in [6.07, 6.45) is 0.765. The average molecular weight is 448 g/mol. The Labute approximate surface area is 182 Å². The van der Waals surface area contributed by atoms with Gasteiger partial charge >= 0.3 is 5.97 Å². The number of aromatic nitrogens is 2. The lowest BCUT2D eigenvalue weighted by Gasteiger charge is -2.19. The van der Waals surface area contributed by atoms with Crippen molar-refractivity contribution < 1.29 is 18.7 Å². The van der Waals surface area contributed by atoms with Crippen LogP contribution in [0.2, 0.25) is 5.02 Å². The molecule has 0 spiro atoms. The van der Waals surface area contributed by atoms with Crippen LogP contribution in [0.25, 0.3) is 10.6 Å². The van der Waals surface area contributed by atoms with Crippen molar-refractivity contribution in [2.45, 2.75) is 26.1 Å². The molecule has 1 saturated heterocycles. The zero-order chi connectivity index (χ0) is 21.1. The number of hydrogen-bond acceptors (Lipinski definition) is 7. The van der Waals surface area contributed by atoms with Gasteiger partial charge in [-0.1, -0.05) is 22.9 Å². The number of ether oxygens (including phenoxy) is 2. The molecule has 1 fully saturated rings. The lowest BCUT2D eigenvalue weighted by atomic mass is 10.2. The van der Waals surface area contributed by atoms with Gasteiger partial charge in [0.15, 0.2) is 5.01 Å². The zero-order valence-electron chi connectivity index (χ0n) is 16.2. The fraction of sp³-hybridized carbons (Fsp3) is 0.286. The molecule has 4 rings (SSSR count). The van der Waals surface area contributed by atoms with E-state index in [-0.39, 0.29) is 24.5 Å². The van der Waals surface area contributed by atoms with Gasteiger partial charge in [-0.2, -0.15) is 0 Å². The summed E-state index contributed by atoms with van der Waals surface area (Å²) < 4.78 is 24.3. The van der Waals surface area contributed by atoms with Gasteiger partial charge in [0.1, 0.15) is 29.3 Å². The first-order valence-corrected chi connectivity index (χ1v) is 10.6. The highest BCUT2D eigenvalue weighted by Crippen LogP contribution is 2.31. The highest BCUT2D eigenvalue weighted by Gasteiger charge is 2.25. The number of esters is 1. The maximum Gasteiger partial charge on any atom is 0.303 e. The number of hydrogen-bond donors (Lipinski definition) is 0. The standard InChI is InChI=1S/C21H19ClFN3O3S/c1-13(27)28-12-20-24-25-21(30-20)14-2-5-16(6-3-14)26-9-8-17(11-26)29-19-10-15(23)4-7-18(19)22/h2-7,10,17H,8-9,11-12H2,1H3/t17-/m0/s1. The average Bonchev–Trinajstić information content (AvgIpc) is 3.39. The number of carbonyl (C=O) groups excluding carboxylic acids is 1. The Hall–Kier alpha value is -2.71. The lowest BCUT2D eigenvalue weighted by molar-refractivity contribution is -0.142. The van der Waals surface area contributed by atoms with Crippen LogP contribution >= 0.6 is 22.9 Å². The fourth-order valence-corrected chi connectivity index (χ4v) is 4.13. The van der Waals surface area contributed by atoms with Crippen molar-refractivity contribution in [3.63, 3.8) is 0 Å². The molecule has 1 aromatic heterocycles. The van der Waals surface area contributed by atoms with Gasteiger partial charge in [-0.3, -0.25) is 4.79 Å². The van der Waals surface area contributed by atoms with Crippen molar-refractivity contribution >= 4 is 34.6 Å². The van der Waals surface area contributed by atoms with E-state index in [2.05, 4.69) is 15.1 Å². The van der Waals surface area contributed by atoms with Gasteiger partial charge in [-0.05, 0) is 36.4 Å². The molecule has 0 aliphatic carbocycles. The summed E-state index contributed by atoms with van der Waals surface area (Å²) in [6.45, 7) is 3.02.